The molecule has 0 saturated carbocycles. The minimum Gasteiger partial charge on any atom is -0.488 e. The molecular weight excluding hydrogens is 565 g/mol. The number of hydrogen-bond donors (Lipinski definition) is 0. The van der Waals surface area contributed by atoms with Crippen LogP contribution in [0.2, 0.25) is 0 Å². The van der Waals surface area contributed by atoms with Crippen molar-refractivity contribution in [2.75, 3.05) is 20.3 Å². The maximum atomic E-state index is 14.3. The van der Waals surface area contributed by atoms with Crippen molar-refractivity contribution in [3.8, 4) is 5.88 Å². The molecule has 1 aromatic carbocycles. The maximum absolute atomic E-state index is 14.3. The number of alkyl halides is 3. The predicted molar refractivity (Wildman–Crippen MR) is 152 cm³/mol. The van der Waals surface area contributed by atoms with E-state index in [4.69, 9.17) is 18.9 Å². The number of hydrogen-bond acceptors (Lipinski definition) is 7. The monoisotopic (exact) mass is 604 g/mol. The first-order valence-electron chi connectivity index (χ1n) is 14.4. The average Bonchev–Trinajstić information content (AvgIpc) is 3.31. The highest BCUT2D eigenvalue weighted by molar-refractivity contribution is 5.96. The van der Waals surface area contributed by atoms with Gasteiger partial charge in [0, 0.05) is 17.7 Å². The van der Waals surface area contributed by atoms with Crippen molar-refractivity contribution >= 4 is 11.9 Å². The van der Waals surface area contributed by atoms with Gasteiger partial charge < -0.3 is 23.8 Å². The second kappa shape index (κ2) is 13.0. The first-order chi connectivity index (χ1) is 20.3. The number of carbonyl (C=O) groups excluding carboxylic acids is 2. The lowest BCUT2D eigenvalue weighted by atomic mass is 9.73. The zero-order chi connectivity index (χ0) is 31.5. The molecule has 11 heteroatoms. The molecule has 0 unspecified atom stereocenters. The molecule has 0 radical (unpaired) electrons. The molecule has 0 N–H and O–H groups in total. The van der Waals surface area contributed by atoms with Gasteiger partial charge >= 0.3 is 12.1 Å². The van der Waals surface area contributed by atoms with Gasteiger partial charge in [-0.2, -0.15) is 13.2 Å². The van der Waals surface area contributed by atoms with Crippen molar-refractivity contribution < 1.29 is 41.7 Å². The first kappa shape index (κ1) is 32.3. The van der Waals surface area contributed by atoms with Gasteiger partial charge in [-0.05, 0) is 55.4 Å². The molecule has 8 nitrogen and oxygen atoms in total. The van der Waals surface area contributed by atoms with Gasteiger partial charge in [-0.3, -0.25) is 4.79 Å². The number of amides is 1. The van der Waals surface area contributed by atoms with Crippen molar-refractivity contribution in [2.45, 2.75) is 78.4 Å². The van der Waals surface area contributed by atoms with Crippen LogP contribution in [0.3, 0.4) is 0 Å². The van der Waals surface area contributed by atoms with Gasteiger partial charge in [-0.1, -0.05) is 45.0 Å². The van der Waals surface area contributed by atoms with E-state index in [-0.39, 0.29) is 30.4 Å². The van der Waals surface area contributed by atoms with Gasteiger partial charge in [0.2, 0.25) is 5.88 Å². The van der Waals surface area contributed by atoms with Gasteiger partial charge in [0.05, 0.1) is 44.6 Å². The van der Waals surface area contributed by atoms with Crippen LogP contribution in [0.25, 0.3) is 0 Å². The number of halogens is 3. The van der Waals surface area contributed by atoms with Crippen LogP contribution in [0.4, 0.5) is 13.2 Å². The Hall–Kier alpha value is -3.60. The summed E-state index contributed by atoms with van der Waals surface area (Å²) in [5.41, 5.74) is 0.129. The molecule has 43 heavy (non-hydrogen) atoms. The summed E-state index contributed by atoms with van der Waals surface area (Å²) < 4.78 is 63.8. The van der Waals surface area contributed by atoms with Crippen molar-refractivity contribution in [3.05, 3.63) is 70.6 Å². The first-order valence-corrected chi connectivity index (χ1v) is 14.4. The largest absolute Gasteiger partial charge is 0.488 e. The maximum Gasteiger partial charge on any atom is 0.417 e. The third kappa shape index (κ3) is 6.82. The lowest BCUT2D eigenvalue weighted by Crippen LogP contribution is -2.48. The lowest BCUT2D eigenvalue weighted by Gasteiger charge is -2.35. The minimum atomic E-state index is -4.62. The van der Waals surface area contributed by atoms with Crippen molar-refractivity contribution in [1.82, 2.24) is 9.88 Å². The summed E-state index contributed by atoms with van der Waals surface area (Å²) in [5, 5.41) is 0. The highest BCUT2D eigenvalue weighted by Crippen LogP contribution is 2.51. The van der Waals surface area contributed by atoms with Gasteiger partial charge in [0.25, 0.3) is 5.91 Å². The van der Waals surface area contributed by atoms with E-state index >= 15 is 0 Å². The molecule has 2 aliphatic heterocycles. The minimum absolute atomic E-state index is 0.0126. The van der Waals surface area contributed by atoms with Gasteiger partial charge in [0.15, 0.2) is 5.76 Å². The van der Waals surface area contributed by atoms with E-state index in [2.05, 4.69) is 4.98 Å². The quantitative estimate of drug-likeness (QED) is 0.333. The normalized spacial score (nSPS) is 22.5. The number of aromatic nitrogens is 1. The fourth-order valence-electron chi connectivity index (χ4n) is 5.99. The van der Waals surface area contributed by atoms with Crippen LogP contribution >= 0.6 is 0 Å². The number of pyridine rings is 1. The van der Waals surface area contributed by atoms with Crippen LogP contribution < -0.4 is 4.74 Å². The molecule has 2 aliphatic rings. The Morgan fingerprint density at radius 1 is 1.16 bits per heavy atom. The fourth-order valence-corrected chi connectivity index (χ4v) is 5.99. The number of likely N-dealkylation sites (tertiary alicyclic amines) is 1. The number of ether oxygens (including phenoxy) is 4. The van der Waals surface area contributed by atoms with E-state index in [0.717, 1.165) is 23.6 Å². The number of aryl methyl sites for hydroxylation is 1. The van der Waals surface area contributed by atoms with Crippen molar-refractivity contribution in [1.29, 1.82) is 0 Å². The number of benzene rings is 1. The summed E-state index contributed by atoms with van der Waals surface area (Å²) >= 11 is 0. The number of carbonyl (C=O) groups is 2. The molecule has 1 saturated heterocycles. The Balaban J connectivity index is 1.89. The number of methoxy groups -OCH3 is 1. The predicted octanol–water partition coefficient (Wildman–Crippen LogP) is 6.17. The van der Waals surface area contributed by atoms with Crippen LogP contribution in [0.15, 0.2) is 48.4 Å². The molecule has 1 fully saturated rings. The third-order valence-electron chi connectivity index (χ3n) is 7.90. The van der Waals surface area contributed by atoms with Gasteiger partial charge in [-0.25, -0.2) is 9.78 Å². The molecule has 234 valence electrons. The number of rotatable bonds is 8. The molecule has 1 aromatic heterocycles. The number of allylic oxidation sites excluding steroid dienone is 1. The summed E-state index contributed by atoms with van der Waals surface area (Å²) in [6.45, 7) is 9.56. The molecule has 4 rings (SSSR count). The molecule has 4 atom stereocenters. The summed E-state index contributed by atoms with van der Waals surface area (Å²) in [6.07, 6.45) is -1.60. The van der Waals surface area contributed by atoms with Crippen LogP contribution in [-0.2, 0) is 36.6 Å². The van der Waals surface area contributed by atoms with E-state index in [9.17, 15) is 22.8 Å². The van der Waals surface area contributed by atoms with Crippen LogP contribution in [0.5, 0.6) is 5.88 Å². The van der Waals surface area contributed by atoms with E-state index in [1.807, 2.05) is 52.0 Å². The highest BCUT2D eigenvalue weighted by Gasteiger charge is 2.60. The zero-order valence-corrected chi connectivity index (χ0v) is 25.4. The molecular formula is C32H39F3N2O6. The van der Waals surface area contributed by atoms with E-state index in [0.29, 0.717) is 19.2 Å². The van der Waals surface area contributed by atoms with Gasteiger partial charge in [0.1, 0.15) is 6.04 Å². The summed E-state index contributed by atoms with van der Waals surface area (Å²) in [5.74, 6) is -1.54. The fraction of sp³-hybridized carbons (Fsp3) is 0.531. The second-order valence-electron chi connectivity index (χ2n) is 11.8. The highest BCUT2D eigenvalue weighted by atomic mass is 19.4. The molecule has 3 heterocycles. The van der Waals surface area contributed by atoms with E-state index < -0.39 is 53.1 Å². The smallest absolute Gasteiger partial charge is 0.417 e. The molecule has 0 spiro atoms. The molecule has 0 bridgehead atoms. The Kier molecular flexibility index (Phi) is 9.73. The topological polar surface area (TPSA) is 87.2 Å². The third-order valence-corrected chi connectivity index (χ3v) is 7.90. The Morgan fingerprint density at radius 3 is 2.47 bits per heavy atom. The Bertz CT molecular complexity index is 1350. The standard InChI is InChI=1S/C32H39F3N2O6/c1-7-41-30(39)26-24(31(3,4)5)27(43-18-20-16-21(32(33,34)35)17-36-28(20)40-6)25(22-13-9-8-12-19(22)2)37(26)29(38)23-14-10-11-15-42-23/h8-9,12-14,16-17,24-27H,7,10-11,15,18H2,1-6H3/t24-,25-,26-,27-/m0/s1. The van der Waals surface area contributed by atoms with E-state index in [1.54, 1.807) is 13.0 Å². The summed E-state index contributed by atoms with van der Waals surface area (Å²) in [7, 11) is 1.32. The van der Waals surface area contributed by atoms with E-state index in [1.165, 1.54) is 12.0 Å². The zero-order valence-electron chi connectivity index (χ0n) is 25.4. The number of nitrogens with zero attached hydrogens (tertiary/aromatic N) is 2. The number of esters is 1. The molecule has 2 aromatic rings. The van der Waals surface area contributed by atoms with Crippen LogP contribution in [0, 0.1) is 18.3 Å². The van der Waals surface area contributed by atoms with Crippen molar-refractivity contribution in [2.24, 2.45) is 11.3 Å². The van der Waals surface area contributed by atoms with Crippen molar-refractivity contribution in [3.63, 3.8) is 0 Å². The second-order valence-corrected chi connectivity index (χ2v) is 11.8. The molecule has 1 amide bonds. The Morgan fingerprint density at radius 2 is 1.88 bits per heavy atom. The molecule has 0 aliphatic carbocycles. The average molecular weight is 605 g/mol. The van der Waals surface area contributed by atoms with Gasteiger partial charge in [-0.15, -0.1) is 0 Å². The SMILES string of the molecule is CCOC(=O)[C@@H]1[C@H](C(C)(C)C)[C@H](OCc2cc(C(F)(F)F)cnc2OC)[C@H](c2ccccc2C)N1C(=O)C1=CCCCO1. The lowest BCUT2D eigenvalue weighted by molar-refractivity contribution is -0.157. The summed E-state index contributed by atoms with van der Waals surface area (Å²) in [4.78, 5) is 33.4. The summed E-state index contributed by atoms with van der Waals surface area (Å²) in [6, 6.07) is 6.57. The van der Waals surface area contributed by atoms with Crippen LogP contribution in [0.1, 0.15) is 68.8 Å². The van der Waals surface area contributed by atoms with Crippen LogP contribution in [-0.4, -0.2) is 54.2 Å². The Labute approximate surface area is 250 Å².